The molecule has 2 heteroatoms. The third-order valence-corrected chi connectivity index (χ3v) is 2.87. The average molecular weight is 225 g/mol. The predicted molar refractivity (Wildman–Crippen MR) is 71.3 cm³/mol. The van der Waals surface area contributed by atoms with Crippen molar-refractivity contribution in [2.75, 3.05) is 20.6 Å². The minimum Gasteiger partial charge on any atom is -0.310 e. The molecule has 1 aromatic carbocycles. The van der Waals surface area contributed by atoms with Crippen LogP contribution in [0.3, 0.4) is 0 Å². The Labute approximate surface area is 119 Å². The topological polar surface area (TPSA) is 3.24 Å². The molecule has 0 aliphatic heterocycles. The predicted octanol–water partition coefficient (Wildman–Crippen LogP) is 0.467. The van der Waals surface area contributed by atoms with Gasteiger partial charge in [0.15, 0.2) is 0 Å². The molecule has 1 aromatic rings. The van der Waals surface area contributed by atoms with Gasteiger partial charge in [-0.05, 0) is 26.1 Å². The summed E-state index contributed by atoms with van der Waals surface area (Å²) in [7, 11) is 4.27. The van der Waals surface area contributed by atoms with Crippen molar-refractivity contribution >= 4 is 0 Å². The van der Waals surface area contributed by atoms with Crippen LogP contribution in [0.25, 0.3) is 0 Å². The molecule has 0 spiro atoms. The molecule has 1 rings (SSSR count). The molecule has 0 aliphatic rings. The van der Waals surface area contributed by atoms with Gasteiger partial charge in [-0.25, -0.2) is 0 Å². The van der Waals surface area contributed by atoms with E-state index in [2.05, 4.69) is 76.5 Å². The van der Waals surface area contributed by atoms with Gasteiger partial charge in [0, 0.05) is 0 Å². The van der Waals surface area contributed by atoms with Gasteiger partial charge in [-0.2, -0.15) is 24.1 Å². The first-order valence-corrected chi connectivity index (χ1v) is 5.94. The number of hydrogen-bond donors (Lipinski definition) is 0. The normalized spacial score (nSPS) is 13.1. The molecule has 0 heterocycles. The zero-order valence-corrected chi connectivity index (χ0v) is 12.2. The number of hydrogen-bond acceptors (Lipinski definition) is 1. The van der Waals surface area contributed by atoms with Gasteiger partial charge in [0.25, 0.3) is 0 Å². The second-order valence-electron chi connectivity index (χ2n) is 5.81. The van der Waals surface area contributed by atoms with E-state index in [1.165, 1.54) is 5.56 Å². The molecule has 0 radical (unpaired) electrons. The van der Waals surface area contributed by atoms with Gasteiger partial charge in [-0.15, -0.1) is 12.1 Å². The van der Waals surface area contributed by atoms with Crippen molar-refractivity contribution in [2.24, 2.45) is 11.3 Å². The standard InChI is InChI=1S/C15H24N.Li/c1-15(2,3)14(12-16(4)5)11-13-9-7-6-8-10-13;/h6-11,14H,12H2,1-5H3;/q-1;+1. The molecule has 1 unspecified atom stereocenters. The van der Waals surface area contributed by atoms with Crippen LogP contribution in [0.1, 0.15) is 26.3 Å². The maximum atomic E-state index is 2.39. The molecule has 0 fully saturated rings. The first-order valence-electron chi connectivity index (χ1n) is 5.94. The van der Waals surface area contributed by atoms with E-state index in [0.29, 0.717) is 11.3 Å². The average Bonchev–Trinajstić information content (AvgIpc) is 2.16. The van der Waals surface area contributed by atoms with Crippen molar-refractivity contribution in [1.82, 2.24) is 4.90 Å². The van der Waals surface area contributed by atoms with Gasteiger partial charge < -0.3 is 4.90 Å². The summed E-state index contributed by atoms with van der Waals surface area (Å²) < 4.78 is 0. The fourth-order valence-corrected chi connectivity index (χ4v) is 1.77. The summed E-state index contributed by atoms with van der Waals surface area (Å²) in [5, 5.41) is 0. The Morgan fingerprint density at radius 1 is 1.12 bits per heavy atom. The molecule has 0 N–H and O–H groups in total. The number of rotatable bonds is 4. The Hall–Kier alpha value is -0.353. The smallest absolute Gasteiger partial charge is 0.310 e. The van der Waals surface area contributed by atoms with Gasteiger partial charge in [-0.3, -0.25) is 0 Å². The molecule has 0 amide bonds. The maximum absolute atomic E-state index is 2.39. The largest absolute Gasteiger partial charge is 1.00 e. The van der Waals surface area contributed by atoms with Crippen LogP contribution in [0.15, 0.2) is 30.3 Å². The van der Waals surface area contributed by atoms with Crippen LogP contribution >= 0.6 is 0 Å². The maximum Gasteiger partial charge on any atom is 1.00 e. The van der Waals surface area contributed by atoms with Crippen LogP contribution in [-0.4, -0.2) is 25.5 Å². The monoisotopic (exact) mass is 225 g/mol. The van der Waals surface area contributed by atoms with Crippen LogP contribution < -0.4 is 18.9 Å². The number of benzene rings is 1. The Balaban J connectivity index is 0.00000256. The van der Waals surface area contributed by atoms with E-state index in [4.69, 9.17) is 0 Å². The molecule has 1 atom stereocenters. The molecule has 0 aliphatic carbocycles. The second-order valence-corrected chi connectivity index (χ2v) is 5.81. The molecule has 0 saturated heterocycles. The van der Waals surface area contributed by atoms with E-state index in [1.807, 2.05) is 0 Å². The van der Waals surface area contributed by atoms with Crippen LogP contribution in [0, 0.1) is 17.8 Å². The fourth-order valence-electron chi connectivity index (χ4n) is 1.77. The third kappa shape index (κ3) is 6.22. The van der Waals surface area contributed by atoms with E-state index >= 15 is 0 Å². The first-order chi connectivity index (χ1) is 7.39. The van der Waals surface area contributed by atoms with Crippen molar-refractivity contribution in [2.45, 2.75) is 20.8 Å². The van der Waals surface area contributed by atoms with Crippen molar-refractivity contribution in [3.63, 3.8) is 0 Å². The zero-order valence-electron chi connectivity index (χ0n) is 12.2. The molecule has 0 saturated carbocycles. The second kappa shape index (κ2) is 7.16. The fraction of sp³-hybridized carbons (Fsp3) is 0.533. The molecular weight excluding hydrogens is 201 g/mol. The quantitative estimate of drug-likeness (QED) is 0.532. The van der Waals surface area contributed by atoms with E-state index in [-0.39, 0.29) is 18.9 Å². The molecule has 0 aromatic heterocycles. The summed E-state index contributed by atoms with van der Waals surface area (Å²) in [6.07, 6.45) is 2.39. The SMILES string of the molecule is CN(C)CC([CH-]c1ccccc1)C(C)(C)C.[Li+]. The summed E-state index contributed by atoms with van der Waals surface area (Å²) in [6.45, 7) is 8.01. The Morgan fingerprint density at radius 3 is 2.06 bits per heavy atom. The number of nitrogens with zero attached hydrogens (tertiary/aromatic N) is 1. The molecule has 0 bridgehead atoms. The molecule has 17 heavy (non-hydrogen) atoms. The van der Waals surface area contributed by atoms with Crippen molar-refractivity contribution in [1.29, 1.82) is 0 Å². The van der Waals surface area contributed by atoms with E-state index in [1.54, 1.807) is 0 Å². The van der Waals surface area contributed by atoms with Crippen LogP contribution in [0.2, 0.25) is 0 Å². The van der Waals surface area contributed by atoms with Gasteiger partial charge in [0.1, 0.15) is 0 Å². The summed E-state index contributed by atoms with van der Waals surface area (Å²) >= 11 is 0. The summed E-state index contributed by atoms with van der Waals surface area (Å²) in [5.41, 5.74) is 1.63. The minimum atomic E-state index is 0. The van der Waals surface area contributed by atoms with Gasteiger partial charge >= 0.3 is 18.9 Å². The first kappa shape index (κ1) is 16.6. The van der Waals surface area contributed by atoms with Crippen molar-refractivity contribution in [3.05, 3.63) is 42.3 Å². The summed E-state index contributed by atoms with van der Waals surface area (Å²) in [5.74, 6) is 0.574. The Bertz CT molecular complexity index is 300. The van der Waals surface area contributed by atoms with Crippen LogP contribution in [0.4, 0.5) is 0 Å². The zero-order chi connectivity index (χ0) is 12.2. The third-order valence-electron chi connectivity index (χ3n) is 2.87. The van der Waals surface area contributed by atoms with Gasteiger partial charge in [-0.1, -0.05) is 32.8 Å². The molecule has 1 nitrogen and oxygen atoms in total. The summed E-state index contributed by atoms with van der Waals surface area (Å²) in [6, 6.07) is 10.6. The van der Waals surface area contributed by atoms with Gasteiger partial charge in [0.05, 0.1) is 0 Å². The van der Waals surface area contributed by atoms with E-state index in [0.717, 1.165) is 6.54 Å². The Morgan fingerprint density at radius 2 is 1.65 bits per heavy atom. The van der Waals surface area contributed by atoms with Crippen LogP contribution in [-0.2, 0) is 0 Å². The van der Waals surface area contributed by atoms with Crippen LogP contribution in [0.5, 0.6) is 0 Å². The molecule has 90 valence electrons. The van der Waals surface area contributed by atoms with E-state index < -0.39 is 0 Å². The molecular formula is C15H24LiN. The minimum absolute atomic E-state index is 0. The van der Waals surface area contributed by atoms with E-state index in [9.17, 15) is 0 Å². The Kier molecular flexibility index (Phi) is 7.02. The summed E-state index contributed by atoms with van der Waals surface area (Å²) in [4.78, 5) is 2.26. The van der Waals surface area contributed by atoms with Crippen molar-refractivity contribution < 1.29 is 18.9 Å². The van der Waals surface area contributed by atoms with Gasteiger partial charge in [0.2, 0.25) is 0 Å². The van der Waals surface area contributed by atoms with Crippen molar-refractivity contribution in [3.8, 4) is 0 Å².